The van der Waals surface area contributed by atoms with Crippen LogP contribution in [0, 0.1) is 6.92 Å². The van der Waals surface area contributed by atoms with Gasteiger partial charge in [-0.15, -0.1) is 23.1 Å². The number of rotatable bonds is 3. The number of esters is 1. The number of methoxy groups -OCH3 is 1. The van der Waals surface area contributed by atoms with E-state index in [0.29, 0.717) is 0 Å². The largest absolute Gasteiger partial charge is 0.465 e. The summed E-state index contributed by atoms with van der Waals surface area (Å²) in [5, 5.41) is 0. The van der Waals surface area contributed by atoms with E-state index >= 15 is 0 Å². The van der Waals surface area contributed by atoms with Gasteiger partial charge in [-0.25, -0.2) is 4.79 Å². The van der Waals surface area contributed by atoms with E-state index in [-0.39, 0.29) is 5.97 Å². The van der Waals surface area contributed by atoms with Gasteiger partial charge in [-0.2, -0.15) is 0 Å². The molecule has 0 N–H and O–H groups in total. The average Bonchev–Trinajstić information content (AvgIpc) is 2.62. The highest BCUT2D eigenvalue weighted by Crippen LogP contribution is 2.30. The van der Waals surface area contributed by atoms with E-state index in [1.54, 1.807) is 11.8 Å². The SMILES string of the molecule is CC.CCSc1cc(C)sc1C(=O)OC. The summed E-state index contributed by atoms with van der Waals surface area (Å²) in [6.07, 6.45) is 0. The summed E-state index contributed by atoms with van der Waals surface area (Å²) >= 11 is 3.17. The molecule has 15 heavy (non-hydrogen) atoms. The third kappa shape index (κ3) is 4.26. The maximum atomic E-state index is 11.3. The number of ether oxygens (including phenoxy) is 1. The van der Waals surface area contributed by atoms with Gasteiger partial charge in [-0.3, -0.25) is 0 Å². The summed E-state index contributed by atoms with van der Waals surface area (Å²) < 4.78 is 4.69. The van der Waals surface area contributed by atoms with E-state index in [1.807, 2.05) is 26.8 Å². The number of hydrogen-bond donors (Lipinski definition) is 0. The van der Waals surface area contributed by atoms with E-state index in [2.05, 4.69) is 6.92 Å². The number of carbonyl (C=O) groups excluding carboxylic acids is 1. The fourth-order valence-electron chi connectivity index (χ4n) is 0.989. The van der Waals surface area contributed by atoms with Crippen LogP contribution in [0.25, 0.3) is 0 Å². The molecule has 86 valence electrons. The van der Waals surface area contributed by atoms with Gasteiger partial charge >= 0.3 is 5.97 Å². The minimum Gasteiger partial charge on any atom is -0.465 e. The van der Waals surface area contributed by atoms with E-state index in [4.69, 9.17) is 4.74 Å². The zero-order chi connectivity index (χ0) is 11.8. The molecule has 2 nitrogen and oxygen atoms in total. The minimum absolute atomic E-state index is 0.228. The van der Waals surface area contributed by atoms with Crippen molar-refractivity contribution in [1.82, 2.24) is 0 Å². The number of thiophene rings is 1. The molecule has 0 bridgehead atoms. The molecule has 4 heteroatoms. The fourth-order valence-corrected chi connectivity index (χ4v) is 2.98. The first-order valence-electron chi connectivity index (χ1n) is 5.00. The van der Waals surface area contributed by atoms with Crippen molar-refractivity contribution in [1.29, 1.82) is 0 Å². The molecule has 1 aromatic heterocycles. The van der Waals surface area contributed by atoms with Gasteiger partial charge in [0.2, 0.25) is 0 Å². The minimum atomic E-state index is -0.228. The van der Waals surface area contributed by atoms with E-state index < -0.39 is 0 Å². The lowest BCUT2D eigenvalue weighted by atomic mass is 10.4. The second-order valence-electron chi connectivity index (χ2n) is 2.48. The monoisotopic (exact) mass is 246 g/mol. The first-order chi connectivity index (χ1) is 7.19. The van der Waals surface area contributed by atoms with Crippen LogP contribution >= 0.6 is 23.1 Å². The van der Waals surface area contributed by atoms with Gasteiger partial charge in [0.05, 0.1) is 7.11 Å². The van der Waals surface area contributed by atoms with Crippen LogP contribution in [0.3, 0.4) is 0 Å². The maximum absolute atomic E-state index is 11.3. The predicted molar refractivity (Wildman–Crippen MR) is 68.1 cm³/mol. The quantitative estimate of drug-likeness (QED) is 0.596. The van der Waals surface area contributed by atoms with Crippen molar-refractivity contribution in [2.24, 2.45) is 0 Å². The molecule has 0 aliphatic rings. The lowest BCUT2D eigenvalue weighted by Crippen LogP contribution is -1.99. The Morgan fingerprint density at radius 2 is 2.13 bits per heavy atom. The van der Waals surface area contributed by atoms with E-state index in [9.17, 15) is 4.79 Å². The summed E-state index contributed by atoms with van der Waals surface area (Å²) in [6, 6.07) is 2.03. The molecule has 0 fully saturated rings. The highest BCUT2D eigenvalue weighted by Gasteiger charge is 2.14. The first kappa shape index (κ1) is 14.5. The van der Waals surface area contributed by atoms with Gasteiger partial charge < -0.3 is 4.74 Å². The Labute approximate surface area is 100 Å². The second kappa shape index (κ2) is 7.77. The molecule has 1 heterocycles. The van der Waals surface area contributed by atoms with Crippen molar-refractivity contribution < 1.29 is 9.53 Å². The van der Waals surface area contributed by atoms with E-state index in [1.165, 1.54) is 18.4 Å². The predicted octanol–water partition coefficient (Wildman–Crippen LogP) is 3.98. The van der Waals surface area contributed by atoms with Crippen molar-refractivity contribution in [3.05, 3.63) is 15.8 Å². The van der Waals surface area contributed by atoms with Crippen LogP contribution in [0.1, 0.15) is 35.3 Å². The van der Waals surface area contributed by atoms with Crippen LogP contribution in [0.15, 0.2) is 11.0 Å². The highest BCUT2D eigenvalue weighted by molar-refractivity contribution is 7.99. The first-order valence-corrected chi connectivity index (χ1v) is 6.80. The number of thioether (sulfide) groups is 1. The third-order valence-electron chi connectivity index (χ3n) is 1.49. The van der Waals surface area contributed by atoms with Crippen molar-refractivity contribution in [2.75, 3.05) is 12.9 Å². The molecule has 0 radical (unpaired) electrons. The Balaban J connectivity index is 0.000000921. The van der Waals surface area contributed by atoms with Gasteiger partial charge in [0.25, 0.3) is 0 Å². The van der Waals surface area contributed by atoms with Gasteiger partial charge in [-0.05, 0) is 18.7 Å². The third-order valence-corrected chi connectivity index (χ3v) is 3.57. The van der Waals surface area contributed by atoms with Crippen molar-refractivity contribution >= 4 is 29.1 Å². The number of carbonyl (C=O) groups is 1. The molecule has 1 rings (SSSR count). The average molecular weight is 246 g/mol. The van der Waals surface area contributed by atoms with Crippen LogP contribution < -0.4 is 0 Å². The van der Waals surface area contributed by atoms with Crippen LogP contribution in [-0.2, 0) is 4.74 Å². The topological polar surface area (TPSA) is 26.3 Å². The molecule has 0 aromatic carbocycles. The Hall–Kier alpha value is -0.480. The summed E-state index contributed by atoms with van der Waals surface area (Å²) in [7, 11) is 1.41. The highest BCUT2D eigenvalue weighted by atomic mass is 32.2. The Morgan fingerprint density at radius 1 is 1.53 bits per heavy atom. The number of hydrogen-bond acceptors (Lipinski definition) is 4. The summed E-state index contributed by atoms with van der Waals surface area (Å²) in [5.41, 5.74) is 0. The van der Waals surface area contributed by atoms with Gasteiger partial charge in [0.15, 0.2) is 0 Å². The molecular formula is C11H18O2S2. The lowest BCUT2D eigenvalue weighted by molar-refractivity contribution is 0.0603. The fraction of sp³-hybridized carbons (Fsp3) is 0.545. The standard InChI is InChI=1S/C9H12O2S2.C2H6/c1-4-12-7-5-6(2)13-8(7)9(10)11-3;1-2/h5H,4H2,1-3H3;1-2H3. The zero-order valence-electron chi connectivity index (χ0n) is 9.92. The molecule has 0 unspecified atom stereocenters. The zero-order valence-corrected chi connectivity index (χ0v) is 11.6. The lowest BCUT2D eigenvalue weighted by Gasteiger charge is -1.98. The van der Waals surface area contributed by atoms with Gasteiger partial charge in [-0.1, -0.05) is 20.8 Å². The van der Waals surface area contributed by atoms with Crippen molar-refractivity contribution in [2.45, 2.75) is 32.6 Å². The van der Waals surface area contributed by atoms with Crippen LogP contribution in [-0.4, -0.2) is 18.8 Å². The van der Waals surface area contributed by atoms with Crippen LogP contribution in [0.2, 0.25) is 0 Å². The Kier molecular flexibility index (Phi) is 7.52. The van der Waals surface area contributed by atoms with Crippen molar-refractivity contribution in [3.63, 3.8) is 0 Å². The van der Waals surface area contributed by atoms with Crippen LogP contribution in [0.4, 0.5) is 0 Å². The number of aryl methyl sites for hydroxylation is 1. The van der Waals surface area contributed by atoms with Crippen LogP contribution in [0.5, 0.6) is 0 Å². The van der Waals surface area contributed by atoms with Crippen molar-refractivity contribution in [3.8, 4) is 0 Å². The smallest absolute Gasteiger partial charge is 0.349 e. The summed E-state index contributed by atoms with van der Waals surface area (Å²) in [5.74, 6) is 0.745. The molecule has 0 saturated heterocycles. The molecule has 1 aromatic rings. The molecular weight excluding hydrogens is 228 g/mol. The normalized spacial score (nSPS) is 9.13. The van der Waals surface area contributed by atoms with Gasteiger partial charge in [0, 0.05) is 9.77 Å². The molecule has 0 atom stereocenters. The Morgan fingerprint density at radius 3 is 2.60 bits per heavy atom. The molecule has 0 amide bonds. The molecule has 0 aliphatic heterocycles. The van der Waals surface area contributed by atoms with E-state index in [0.717, 1.165) is 20.4 Å². The second-order valence-corrected chi connectivity index (χ2v) is 5.04. The van der Waals surface area contributed by atoms with Gasteiger partial charge in [0.1, 0.15) is 4.88 Å². The maximum Gasteiger partial charge on any atom is 0.349 e. The molecule has 0 spiro atoms. The Bertz CT molecular complexity index is 306. The summed E-state index contributed by atoms with van der Waals surface area (Å²) in [4.78, 5) is 14.2. The molecule has 0 aliphatic carbocycles. The molecule has 0 saturated carbocycles. The summed E-state index contributed by atoms with van der Waals surface area (Å²) in [6.45, 7) is 8.07.